The minimum absolute atomic E-state index is 0. The van der Waals surface area contributed by atoms with Crippen LogP contribution in [0, 0.1) is 6.92 Å². The van der Waals surface area contributed by atoms with Crippen molar-refractivity contribution >= 4 is 41.5 Å². The van der Waals surface area contributed by atoms with Gasteiger partial charge in [0.05, 0.1) is 0 Å². The normalized spacial score (nSPS) is 11.0. The van der Waals surface area contributed by atoms with Gasteiger partial charge in [-0.1, -0.05) is 46.6 Å². The van der Waals surface area contributed by atoms with E-state index in [0.29, 0.717) is 36.2 Å². The maximum atomic E-state index is 5.90. The van der Waals surface area contributed by atoms with E-state index in [1.165, 1.54) is 11.1 Å². The lowest BCUT2D eigenvalue weighted by atomic mass is 10.1. The lowest BCUT2D eigenvalue weighted by molar-refractivity contribution is 0.378. The summed E-state index contributed by atoms with van der Waals surface area (Å²) in [6.45, 7) is 3.43. The Hall–Kier alpha value is -2.13. The van der Waals surface area contributed by atoms with Gasteiger partial charge in [-0.3, -0.25) is 4.99 Å². The van der Waals surface area contributed by atoms with E-state index in [9.17, 15) is 0 Å². The lowest BCUT2D eigenvalue weighted by Crippen LogP contribution is -2.37. The summed E-state index contributed by atoms with van der Waals surface area (Å²) in [5.74, 6) is 1.86. The fourth-order valence-corrected chi connectivity index (χ4v) is 2.71. The first kappa shape index (κ1) is 22.2. The van der Waals surface area contributed by atoms with Crippen LogP contribution in [0.1, 0.15) is 17.0 Å². The predicted molar refractivity (Wildman–Crippen MR) is 123 cm³/mol. The van der Waals surface area contributed by atoms with Gasteiger partial charge in [0, 0.05) is 37.1 Å². The molecule has 0 spiro atoms. The average molecular weight is 512 g/mol. The van der Waals surface area contributed by atoms with Gasteiger partial charge in [-0.2, -0.15) is 4.98 Å². The zero-order valence-corrected chi connectivity index (χ0v) is 18.9. The van der Waals surface area contributed by atoms with Gasteiger partial charge < -0.3 is 15.2 Å². The van der Waals surface area contributed by atoms with Gasteiger partial charge in [-0.05, 0) is 36.8 Å². The number of guanidine groups is 1. The topological polar surface area (TPSA) is 75.3 Å². The second-order valence-corrected chi connectivity index (χ2v) is 6.55. The van der Waals surface area contributed by atoms with Crippen LogP contribution in [0.2, 0.25) is 5.02 Å². The summed E-state index contributed by atoms with van der Waals surface area (Å²) in [5.41, 5.74) is 3.32. The molecule has 0 fully saturated rings. The Morgan fingerprint density at radius 1 is 1.14 bits per heavy atom. The number of nitrogens with zero attached hydrogens (tertiary/aromatic N) is 3. The van der Waals surface area contributed by atoms with Gasteiger partial charge in [-0.25, -0.2) is 0 Å². The van der Waals surface area contributed by atoms with E-state index in [2.05, 4.69) is 57.0 Å². The van der Waals surface area contributed by atoms with E-state index >= 15 is 0 Å². The molecule has 2 aromatic carbocycles. The highest BCUT2D eigenvalue weighted by Gasteiger charge is 2.08. The summed E-state index contributed by atoms with van der Waals surface area (Å²) >= 11 is 5.90. The van der Waals surface area contributed by atoms with E-state index in [-0.39, 0.29) is 24.0 Å². The Morgan fingerprint density at radius 2 is 1.93 bits per heavy atom. The second-order valence-electron chi connectivity index (χ2n) is 6.11. The van der Waals surface area contributed by atoms with E-state index in [4.69, 9.17) is 16.1 Å². The average Bonchev–Trinajstić information content (AvgIpc) is 3.14. The van der Waals surface area contributed by atoms with Crippen LogP contribution >= 0.6 is 35.6 Å². The first-order valence-electron chi connectivity index (χ1n) is 8.72. The number of halogens is 2. The van der Waals surface area contributed by atoms with Crippen molar-refractivity contribution in [3.8, 4) is 11.4 Å². The zero-order valence-electron chi connectivity index (χ0n) is 15.8. The highest BCUT2D eigenvalue weighted by Crippen LogP contribution is 2.18. The maximum absolute atomic E-state index is 5.90. The van der Waals surface area contributed by atoms with Crippen LogP contribution in [0.4, 0.5) is 0 Å². The van der Waals surface area contributed by atoms with Gasteiger partial charge >= 0.3 is 0 Å². The number of aryl methyl sites for hydroxylation is 1. The third kappa shape index (κ3) is 6.49. The van der Waals surface area contributed by atoms with Crippen molar-refractivity contribution in [2.75, 3.05) is 13.6 Å². The monoisotopic (exact) mass is 511 g/mol. The number of hydrogen-bond donors (Lipinski definition) is 2. The molecule has 2 N–H and O–H groups in total. The van der Waals surface area contributed by atoms with Crippen molar-refractivity contribution < 1.29 is 4.52 Å². The quantitative estimate of drug-likeness (QED) is 0.294. The van der Waals surface area contributed by atoms with E-state index in [1.807, 2.05) is 12.1 Å². The van der Waals surface area contributed by atoms with E-state index < -0.39 is 0 Å². The summed E-state index contributed by atoms with van der Waals surface area (Å²) in [6, 6.07) is 15.7. The van der Waals surface area contributed by atoms with Crippen molar-refractivity contribution in [2.24, 2.45) is 4.99 Å². The van der Waals surface area contributed by atoms with Crippen LogP contribution < -0.4 is 10.6 Å². The molecule has 148 valence electrons. The van der Waals surface area contributed by atoms with Gasteiger partial charge in [-0.15, -0.1) is 24.0 Å². The molecule has 0 saturated heterocycles. The molecule has 0 atom stereocenters. The molecule has 0 radical (unpaired) electrons. The Morgan fingerprint density at radius 3 is 2.64 bits per heavy atom. The SMILES string of the molecule is CN=C(NCCc1nc(-c2ccc(Cl)cc2)no1)NCc1cccc(C)c1.I. The van der Waals surface area contributed by atoms with Crippen LogP contribution in [0.15, 0.2) is 58.0 Å². The molecule has 0 unspecified atom stereocenters. The first-order chi connectivity index (χ1) is 13.1. The van der Waals surface area contributed by atoms with Crippen LogP contribution in [-0.4, -0.2) is 29.7 Å². The molecule has 6 nitrogen and oxygen atoms in total. The molecule has 0 aliphatic rings. The largest absolute Gasteiger partial charge is 0.356 e. The standard InChI is InChI=1S/C20H22ClN5O.HI/c1-14-4-3-5-15(12-14)13-24-20(22-2)23-11-10-18-25-19(26-27-18)16-6-8-17(21)9-7-16;/h3-9,12H,10-11,13H2,1-2H3,(H2,22,23,24);1H. The lowest BCUT2D eigenvalue weighted by Gasteiger charge is -2.11. The molecule has 0 aliphatic carbocycles. The van der Waals surface area contributed by atoms with Crippen molar-refractivity contribution in [1.29, 1.82) is 0 Å². The van der Waals surface area contributed by atoms with Crippen LogP contribution in [0.5, 0.6) is 0 Å². The summed E-state index contributed by atoms with van der Waals surface area (Å²) in [4.78, 5) is 8.65. The number of rotatable bonds is 6. The number of aromatic nitrogens is 2. The Balaban J connectivity index is 0.00000280. The van der Waals surface area contributed by atoms with Crippen molar-refractivity contribution in [2.45, 2.75) is 19.9 Å². The third-order valence-electron chi connectivity index (χ3n) is 3.97. The fourth-order valence-electron chi connectivity index (χ4n) is 2.59. The molecule has 3 aromatic rings. The van der Waals surface area contributed by atoms with Gasteiger partial charge in [0.1, 0.15) is 0 Å². The van der Waals surface area contributed by atoms with Gasteiger partial charge in [0.25, 0.3) is 0 Å². The van der Waals surface area contributed by atoms with Crippen molar-refractivity contribution in [3.63, 3.8) is 0 Å². The van der Waals surface area contributed by atoms with E-state index in [0.717, 1.165) is 11.5 Å². The molecule has 28 heavy (non-hydrogen) atoms. The first-order valence-corrected chi connectivity index (χ1v) is 9.10. The highest BCUT2D eigenvalue weighted by molar-refractivity contribution is 14.0. The number of benzene rings is 2. The second kappa shape index (κ2) is 11.0. The summed E-state index contributed by atoms with van der Waals surface area (Å²) in [7, 11) is 1.75. The Bertz CT molecular complexity index is 911. The Labute approximate surface area is 186 Å². The number of hydrogen-bond acceptors (Lipinski definition) is 4. The smallest absolute Gasteiger partial charge is 0.228 e. The molecule has 8 heteroatoms. The summed E-state index contributed by atoms with van der Waals surface area (Å²) in [5, 5.41) is 11.2. The summed E-state index contributed by atoms with van der Waals surface area (Å²) < 4.78 is 5.31. The molecule has 1 aromatic heterocycles. The molecule has 0 amide bonds. The molecule has 1 heterocycles. The predicted octanol–water partition coefficient (Wildman–Crippen LogP) is 4.22. The molecule has 0 bridgehead atoms. The fraction of sp³-hybridized carbons (Fsp3) is 0.250. The minimum atomic E-state index is 0. The van der Waals surface area contributed by atoms with Crippen LogP contribution in [0.25, 0.3) is 11.4 Å². The van der Waals surface area contributed by atoms with Crippen molar-refractivity contribution in [3.05, 3.63) is 70.6 Å². The van der Waals surface area contributed by atoms with Crippen LogP contribution in [-0.2, 0) is 13.0 Å². The minimum Gasteiger partial charge on any atom is -0.356 e. The van der Waals surface area contributed by atoms with Crippen LogP contribution in [0.3, 0.4) is 0 Å². The van der Waals surface area contributed by atoms with Gasteiger partial charge in [0.2, 0.25) is 11.7 Å². The highest BCUT2D eigenvalue weighted by atomic mass is 127. The molecular weight excluding hydrogens is 489 g/mol. The third-order valence-corrected chi connectivity index (χ3v) is 4.22. The van der Waals surface area contributed by atoms with Crippen molar-refractivity contribution in [1.82, 2.24) is 20.8 Å². The van der Waals surface area contributed by atoms with E-state index in [1.54, 1.807) is 19.2 Å². The number of aliphatic imine (C=N–C) groups is 1. The Kier molecular flexibility index (Phi) is 8.72. The van der Waals surface area contributed by atoms with Gasteiger partial charge in [0.15, 0.2) is 5.96 Å². The molecule has 0 saturated carbocycles. The maximum Gasteiger partial charge on any atom is 0.228 e. The molecular formula is C20H23ClIN5O. The number of nitrogens with one attached hydrogen (secondary N) is 2. The molecule has 0 aliphatic heterocycles. The summed E-state index contributed by atoms with van der Waals surface area (Å²) in [6.07, 6.45) is 0.603. The zero-order chi connectivity index (χ0) is 19.1. The molecule has 3 rings (SSSR count).